The number of hydrogen-bond donors (Lipinski definition) is 2. The highest BCUT2D eigenvalue weighted by atomic mass is 16.1. The Kier molecular flexibility index (Phi) is 4.26. The van der Waals surface area contributed by atoms with Gasteiger partial charge in [-0.3, -0.25) is 9.78 Å². The Labute approximate surface area is 124 Å². The Bertz CT molecular complexity index is 606. The van der Waals surface area contributed by atoms with Crippen LogP contribution < -0.4 is 10.6 Å². The van der Waals surface area contributed by atoms with Gasteiger partial charge in [0.15, 0.2) is 0 Å². The number of amides is 1. The van der Waals surface area contributed by atoms with E-state index in [9.17, 15) is 4.79 Å². The largest absolute Gasteiger partial charge is 0.349 e. The number of benzene rings is 1. The Balaban J connectivity index is 1.74. The van der Waals surface area contributed by atoms with E-state index in [4.69, 9.17) is 0 Å². The van der Waals surface area contributed by atoms with Gasteiger partial charge < -0.3 is 10.6 Å². The fourth-order valence-corrected chi connectivity index (χ4v) is 2.61. The molecule has 1 saturated heterocycles. The van der Waals surface area contributed by atoms with Gasteiger partial charge in [0.05, 0.1) is 0 Å². The molecule has 0 radical (unpaired) electrons. The van der Waals surface area contributed by atoms with Gasteiger partial charge in [0.25, 0.3) is 5.91 Å². The lowest BCUT2D eigenvalue weighted by Gasteiger charge is -2.23. The summed E-state index contributed by atoms with van der Waals surface area (Å²) in [5.74, 6) is 0.00707. The number of aromatic nitrogens is 1. The maximum absolute atomic E-state index is 12.3. The molecule has 4 nitrogen and oxygen atoms in total. The topological polar surface area (TPSA) is 54.0 Å². The third-order valence-corrected chi connectivity index (χ3v) is 3.79. The summed E-state index contributed by atoms with van der Waals surface area (Å²) >= 11 is 0. The summed E-state index contributed by atoms with van der Waals surface area (Å²) < 4.78 is 0. The molecule has 1 fully saturated rings. The number of carbonyl (C=O) groups is 1. The monoisotopic (exact) mass is 281 g/mol. The second-order valence-corrected chi connectivity index (χ2v) is 5.32. The van der Waals surface area contributed by atoms with Gasteiger partial charge in [0, 0.05) is 29.6 Å². The molecule has 1 aromatic carbocycles. The summed E-state index contributed by atoms with van der Waals surface area (Å²) in [5, 5.41) is 6.42. The normalized spacial score (nSPS) is 15.6. The molecule has 1 aliphatic rings. The molecule has 2 heterocycles. The number of nitrogens with one attached hydrogen (secondary N) is 2. The summed E-state index contributed by atoms with van der Waals surface area (Å²) in [6, 6.07) is 11.9. The van der Waals surface area contributed by atoms with Crippen molar-refractivity contribution in [2.75, 3.05) is 13.1 Å². The molecule has 0 bridgehead atoms. The molecule has 0 aliphatic carbocycles. The van der Waals surface area contributed by atoms with Crippen molar-refractivity contribution in [1.82, 2.24) is 15.6 Å². The second kappa shape index (κ2) is 6.50. The van der Waals surface area contributed by atoms with Gasteiger partial charge in [-0.1, -0.05) is 18.2 Å². The van der Waals surface area contributed by atoms with E-state index >= 15 is 0 Å². The Morgan fingerprint density at radius 3 is 2.71 bits per heavy atom. The van der Waals surface area contributed by atoms with Crippen LogP contribution in [0.25, 0.3) is 11.1 Å². The Hall–Kier alpha value is -2.20. The van der Waals surface area contributed by atoms with Crippen molar-refractivity contribution in [3.8, 4) is 11.1 Å². The van der Waals surface area contributed by atoms with Crippen molar-refractivity contribution in [3.63, 3.8) is 0 Å². The molecule has 1 amide bonds. The van der Waals surface area contributed by atoms with Gasteiger partial charge in [-0.15, -0.1) is 0 Å². The molecule has 0 saturated carbocycles. The van der Waals surface area contributed by atoms with E-state index in [1.807, 2.05) is 42.6 Å². The first-order chi connectivity index (χ1) is 10.3. The van der Waals surface area contributed by atoms with E-state index in [0.29, 0.717) is 5.56 Å². The molecule has 0 atom stereocenters. The van der Waals surface area contributed by atoms with Gasteiger partial charge in [0.1, 0.15) is 0 Å². The number of nitrogens with zero attached hydrogens (tertiary/aromatic N) is 1. The third kappa shape index (κ3) is 3.47. The van der Waals surface area contributed by atoms with E-state index in [0.717, 1.165) is 37.1 Å². The number of piperidine rings is 1. The molecule has 1 aliphatic heterocycles. The number of pyridine rings is 1. The lowest BCUT2D eigenvalue weighted by Crippen LogP contribution is -2.42. The predicted octanol–water partition coefficient (Wildman–Crippen LogP) is 2.23. The summed E-state index contributed by atoms with van der Waals surface area (Å²) in [6.45, 7) is 1.95. The van der Waals surface area contributed by atoms with Gasteiger partial charge in [-0.25, -0.2) is 0 Å². The third-order valence-electron chi connectivity index (χ3n) is 3.79. The van der Waals surface area contributed by atoms with E-state index in [1.54, 1.807) is 6.20 Å². The molecule has 0 unspecified atom stereocenters. The molecule has 21 heavy (non-hydrogen) atoms. The van der Waals surface area contributed by atoms with Crippen molar-refractivity contribution < 1.29 is 4.79 Å². The van der Waals surface area contributed by atoms with Gasteiger partial charge in [-0.05, 0) is 49.7 Å². The molecule has 2 aromatic rings. The predicted molar refractivity (Wildman–Crippen MR) is 83.0 cm³/mol. The zero-order valence-electron chi connectivity index (χ0n) is 11.9. The Morgan fingerprint density at radius 1 is 1.14 bits per heavy atom. The van der Waals surface area contributed by atoms with Crippen molar-refractivity contribution >= 4 is 5.91 Å². The van der Waals surface area contributed by atoms with E-state index in [-0.39, 0.29) is 11.9 Å². The van der Waals surface area contributed by atoms with Crippen LogP contribution in [-0.4, -0.2) is 30.0 Å². The van der Waals surface area contributed by atoms with Crippen molar-refractivity contribution in [3.05, 3.63) is 54.4 Å². The smallest absolute Gasteiger partial charge is 0.251 e. The van der Waals surface area contributed by atoms with Gasteiger partial charge >= 0.3 is 0 Å². The minimum Gasteiger partial charge on any atom is -0.349 e. The second-order valence-electron chi connectivity index (χ2n) is 5.32. The highest BCUT2D eigenvalue weighted by Crippen LogP contribution is 2.19. The van der Waals surface area contributed by atoms with Crippen LogP contribution in [0.2, 0.25) is 0 Å². The summed E-state index contributed by atoms with van der Waals surface area (Å²) in [7, 11) is 0. The van der Waals surface area contributed by atoms with Crippen LogP contribution in [0.4, 0.5) is 0 Å². The molecular formula is C17H19N3O. The SMILES string of the molecule is O=C(NC1CCNCC1)c1cccc(-c2cccnc2)c1. The van der Waals surface area contributed by atoms with Crippen LogP contribution in [0.3, 0.4) is 0 Å². The zero-order chi connectivity index (χ0) is 14.5. The Morgan fingerprint density at radius 2 is 1.95 bits per heavy atom. The number of carbonyl (C=O) groups excluding carboxylic acids is 1. The molecule has 3 rings (SSSR count). The molecule has 0 spiro atoms. The van der Waals surface area contributed by atoms with Gasteiger partial charge in [0.2, 0.25) is 0 Å². The number of rotatable bonds is 3. The van der Waals surface area contributed by atoms with E-state index in [1.165, 1.54) is 0 Å². The maximum atomic E-state index is 12.3. The first-order valence-electron chi connectivity index (χ1n) is 7.35. The van der Waals surface area contributed by atoms with Gasteiger partial charge in [-0.2, -0.15) is 0 Å². The van der Waals surface area contributed by atoms with E-state index < -0.39 is 0 Å². The minimum atomic E-state index is 0.00707. The standard InChI is InChI=1S/C17H19N3O/c21-17(20-16-6-9-18-10-7-16)14-4-1-3-13(11-14)15-5-2-8-19-12-15/h1-5,8,11-12,16,18H,6-7,9-10H2,(H,20,21). The summed E-state index contributed by atoms with van der Waals surface area (Å²) in [4.78, 5) is 16.5. The number of hydrogen-bond acceptors (Lipinski definition) is 3. The zero-order valence-corrected chi connectivity index (χ0v) is 11.9. The minimum absolute atomic E-state index is 0.00707. The lowest BCUT2D eigenvalue weighted by molar-refractivity contribution is 0.0929. The van der Waals surface area contributed by atoms with Crippen molar-refractivity contribution in [1.29, 1.82) is 0 Å². The van der Waals surface area contributed by atoms with E-state index in [2.05, 4.69) is 15.6 Å². The first-order valence-corrected chi connectivity index (χ1v) is 7.35. The highest BCUT2D eigenvalue weighted by Gasteiger charge is 2.16. The summed E-state index contributed by atoms with van der Waals surface area (Å²) in [5.41, 5.74) is 2.74. The van der Waals surface area contributed by atoms with Crippen LogP contribution in [0.5, 0.6) is 0 Å². The average Bonchev–Trinajstić information content (AvgIpc) is 2.57. The maximum Gasteiger partial charge on any atom is 0.251 e. The van der Waals surface area contributed by atoms with Crippen LogP contribution >= 0.6 is 0 Å². The first kappa shape index (κ1) is 13.8. The molecule has 2 N–H and O–H groups in total. The molecule has 108 valence electrons. The molecule has 4 heteroatoms. The fourth-order valence-electron chi connectivity index (χ4n) is 2.61. The molecular weight excluding hydrogens is 262 g/mol. The average molecular weight is 281 g/mol. The molecule has 1 aromatic heterocycles. The van der Waals surface area contributed by atoms with Crippen LogP contribution in [0, 0.1) is 0 Å². The highest BCUT2D eigenvalue weighted by molar-refractivity contribution is 5.95. The van der Waals surface area contributed by atoms with Crippen LogP contribution in [0.15, 0.2) is 48.8 Å². The van der Waals surface area contributed by atoms with Crippen LogP contribution in [-0.2, 0) is 0 Å². The van der Waals surface area contributed by atoms with Crippen molar-refractivity contribution in [2.24, 2.45) is 0 Å². The fraction of sp³-hybridized carbons (Fsp3) is 0.294. The summed E-state index contributed by atoms with van der Waals surface area (Å²) in [6.07, 6.45) is 5.54. The quantitative estimate of drug-likeness (QED) is 0.907. The van der Waals surface area contributed by atoms with Crippen molar-refractivity contribution in [2.45, 2.75) is 18.9 Å². The lowest BCUT2D eigenvalue weighted by atomic mass is 10.0. The van der Waals surface area contributed by atoms with Crippen LogP contribution in [0.1, 0.15) is 23.2 Å².